The van der Waals surface area contributed by atoms with Crippen molar-refractivity contribution in [3.8, 4) is 0 Å². The first-order chi connectivity index (χ1) is 16.5. The van der Waals surface area contributed by atoms with Gasteiger partial charge < -0.3 is 9.13 Å². The quantitative estimate of drug-likeness (QED) is 0.209. The second kappa shape index (κ2) is 9.07. The second-order valence-corrected chi connectivity index (χ2v) is 9.02. The molecule has 0 saturated heterocycles. The van der Waals surface area contributed by atoms with E-state index in [0.717, 1.165) is 0 Å². The molecule has 2 heterocycles. The summed E-state index contributed by atoms with van der Waals surface area (Å²) >= 11 is 0. The van der Waals surface area contributed by atoms with Crippen LogP contribution in [0.15, 0.2) is 110 Å². The molecule has 0 amide bonds. The Morgan fingerprint density at radius 2 is 1.06 bits per heavy atom. The Morgan fingerprint density at radius 1 is 0.471 bits per heavy atom. The highest BCUT2D eigenvalue weighted by molar-refractivity contribution is 6.23. The third-order valence-corrected chi connectivity index (χ3v) is 6.65. The zero-order valence-electron chi connectivity index (χ0n) is 20.3. The van der Waals surface area contributed by atoms with Crippen molar-refractivity contribution in [2.75, 3.05) is 0 Å². The van der Waals surface area contributed by atoms with E-state index in [0.29, 0.717) is 0 Å². The molecule has 0 radical (unpaired) electrons. The summed E-state index contributed by atoms with van der Waals surface area (Å²) < 4.78 is 4.14. The number of hydrogen-bond acceptors (Lipinski definition) is 0. The van der Waals surface area contributed by atoms with Crippen LogP contribution in [0.4, 0.5) is 0 Å². The summed E-state index contributed by atoms with van der Waals surface area (Å²) in [4.78, 5) is 0. The summed E-state index contributed by atoms with van der Waals surface area (Å²) in [5, 5.41) is 9.58. The fraction of sp³-hybridized carbons (Fsp3) is 0.125. The fourth-order valence-electron chi connectivity index (χ4n) is 4.76. The Balaban J connectivity index is 0.000000121. The summed E-state index contributed by atoms with van der Waals surface area (Å²) in [6, 6.07) is 32.4. The predicted octanol–water partition coefficient (Wildman–Crippen LogP) is 8.40. The molecule has 0 fully saturated rings. The minimum atomic E-state index is 1.31. The van der Waals surface area contributed by atoms with Gasteiger partial charge in [-0.2, -0.15) is 0 Å². The first kappa shape index (κ1) is 21.8. The average molecular weight is 443 g/mol. The Bertz CT molecular complexity index is 1670. The Morgan fingerprint density at radius 3 is 1.71 bits per heavy atom. The minimum absolute atomic E-state index is 1.31. The van der Waals surface area contributed by atoms with E-state index in [1.807, 2.05) is 36.1 Å². The normalized spacial score (nSPS) is 10.9. The highest BCUT2D eigenvalue weighted by Gasteiger charge is 2.08. The van der Waals surface area contributed by atoms with Crippen molar-refractivity contribution in [1.29, 1.82) is 0 Å². The van der Waals surface area contributed by atoms with Crippen molar-refractivity contribution >= 4 is 43.2 Å². The van der Waals surface area contributed by atoms with Crippen LogP contribution in [0.2, 0.25) is 0 Å². The number of fused-ring (bicyclic) bond motifs is 1. The lowest BCUT2D eigenvalue weighted by Crippen LogP contribution is -1.85. The van der Waals surface area contributed by atoms with Gasteiger partial charge in [0.1, 0.15) is 0 Å². The summed E-state index contributed by atoms with van der Waals surface area (Å²) in [5.41, 5.74) is 4.02. The molecule has 2 aromatic heterocycles. The summed E-state index contributed by atoms with van der Waals surface area (Å²) in [7, 11) is 4.07. The van der Waals surface area contributed by atoms with Crippen LogP contribution in [0.3, 0.4) is 0 Å². The van der Waals surface area contributed by atoms with Gasteiger partial charge in [0, 0.05) is 43.6 Å². The first-order valence-corrected chi connectivity index (χ1v) is 11.7. The monoisotopic (exact) mass is 442 g/mol. The molecule has 0 N–H and O–H groups in total. The van der Waals surface area contributed by atoms with E-state index in [2.05, 4.69) is 111 Å². The van der Waals surface area contributed by atoms with E-state index >= 15 is 0 Å². The minimum Gasteiger partial charge on any atom is -0.357 e. The lowest BCUT2D eigenvalue weighted by Gasteiger charge is -2.11. The number of aryl methyl sites for hydroxylation is 4. The molecule has 2 nitrogen and oxygen atoms in total. The van der Waals surface area contributed by atoms with Crippen LogP contribution in [0, 0.1) is 13.8 Å². The topological polar surface area (TPSA) is 9.86 Å². The fourth-order valence-corrected chi connectivity index (χ4v) is 4.76. The molecule has 0 unspecified atom stereocenters. The molecule has 7 aromatic rings. The van der Waals surface area contributed by atoms with Crippen LogP contribution in [-0.2, 0) is 14.1 Å². The van der Waals surface area contributed by atoms with Crippen LogP contribution in [0.25, 0.3) is 43.2 Å². The molecule has 5 aromatic carbocycles. The second-order valence-electron chi connectivity index (χ2n) is 9.02. The largest absolute Gasteiger partial charge is 0.357 e. The van der Waals surface area contributed by atoms with Gasteiger partial charge in [-0.25, -0.2) is 0 Å². The molecule has 2 heteroatoms. The van der Waals surface area contributed by atoms with Gasteiger partial charge in [0.25, 0.3) is 0 Å². The Kier molecular flexibility index (Phi) is 5.81. The van der Waals surface area contributed by atoms with Crippen LogP contribution in [0.5, 0.6) is 0 Å². The molecule has 0 aliphatic heterocycles. The lowest BCUT2D eigenvalue weighted by molar-refractivity contribution is 0.928. The summed E-state index contributed by atoms with van der Waals surface area (Å²) in [6.45, 7) is 4.33. The lowest BCUT2D eigenvalue weighted by atomic mass is 9.92. The van der Waals surface area contributed by atoms with E-state index in [1.54, 1.807) is 0 Å². The van der Waals surface area contributed by atoms with Gasteiger partial charge in [-0.3, -0.25) is 0 Å². The highest BCUT2D eigenvalue weighted by Crippen LogP contribution is 2.35. The molecule has 0 bridgehead atoms. The third-order valence-electron chi connectivity index (χ3n) is 6.65. The van der Waals surface area contributed by atoms with Gasteiger partial charge in [0.2, 0.25) is 0 Å². The van der Waals surface area contributed by atoms with Gasteiger partial charge in [-0.05, 0) is 81.6 Å². The molecule has 168 valence electrons. The van der Waals surface area contributed by atoms with Crippen LogP contribution in [-0.4, -0.2) is 9.13 Å². The summed E-state index contributed by atoms with van der Waals surface area (Å²) in [5.74, 6) is 0. The molecule has 0 aliphatic rings. The van der Waals surface area contributed by atoms with Crippen molar-refractivity contribution in [2.24, 2.45) is 14.1 Å². The number of aromatic nitrogens is 2. The van der Waals surface area contributed by atoms with Crippen molar-refractivity contribution in [3.63, 3.8) is 0 Å². The molecular formula is C32H30N2. The number of benzene rings is 5. The maximum Gasteiger partial charge on any atom is 0.0480 e. The van der Waals surface area contributed by atoms with Gasteiger partial charge in [0.15, 0.2) is 0 Å². The van der Waals surface area contributed by atoms with E-state index in [-0.39, 0.29) is 0 Å². The van der Waals surface area contributed by atoms with Gasteiger partial charge in [-0.1, -0.05) is 66.7 Å². The van der Waals surface area contributed by atoms with Crippen molar-refractivity contribution < 1.29 is 0 Å². The molecule has 7 rings (SSSR count). The molecule has 0 saturated carbocycles. The van der Waals surface area contributed by atoms with E-state index in [4.69, 9.17) is 0 Å². The van der Waals surface area contributed by atoms with Gasteiger partial charge >= 0.3 is 0 Å². The Hall–Kier alpha value is -4.04. The molecule has 0 spiro atoms. The third kappa shape index (κ3) is 4.04. The van der Waals surface area contributed by atoms with E-state index in [9.17, 15) is 0 Å². The maximum atomic E-state index is 2.25. The zero-order valence-corrected chi connectivity index (χ0v) is 20.3. The molecular weight excluding hydrogens is 412 g/mol. The number of hydrogen-bond donors (Lipinski definition) is 0. The van der Waals surface area contributed by atoms with Crippen LogP contribution in [0.1, 0.15) is 11.1 Å². The predicted molar refractivity (Wildman–Crippen MR) is 148 cm³/mol. The van der Waals surface area contributed by atoms with E-state index in [1.165, 1.54) is 54.3 Å². The zero-order chi connectivity index (χ0) is 23.7. The standard InChI is InChI=1S/C17H12.C10H11N.C5H7N/c1-11-5-6-14-8-7-12-3-2-4-13-9-10-15(11)17(14)16(12)13;1-8-4-3-5-10-9(8)6-7-11(10)2;1-6-4-2-3-5-6/h2-10H,1H3;3-7H,1-2H3;2-5H,1H3. The smallest absolute Gasteiger partial charge is 0.0480 e. The molecule has 0 atom stereocenters. The van der Waals surface area contributed by atoms with Gasteiger partial charge in [0.05, 0.1) is 0 Å². The molecule has 0 aliphatic carbocycles. The highest BCUT2D eigenvalue weighted by atomic mass is 14.9. The van der Waals surface area contributed by atoms with Gasteiger partial charge in [-0.15, -0.1) is 0 Å². The van der Waals surface area contributed by atoms with Crippen molar-refractivity contribution in [1.82, 2.24) is 9.13 Å². The first-order valence-electron chi connectivity index (χ1n) is 11.7. The van der Waals surface area contributed by atoms with Crippen LogP contribution >= 0.6 is 0 Å². The summed E-state index contributed by atoms with van der Waals surface area (Å²) in [6.07, 6.45) is 6.09. The molecule has 34 heavy (non-hydrogen) atoms. The van der Waals surface area contributed by atoms with Crippen molar-refractivity contribution in [2.45, 2.75) is 13.8 Å². The van der Waals surface area contributed by atoms with E-state index < -0.39 is 0 Å². The Labute approximate surface area is 201 Å². The number of nitrogens with zero attached hydrogens (tertiary/aromatic N) is 2. The number of rotatable bonds is 0. The average Bonchev–Trinajstić information content (AvgIpc) is 3.49. The van der Waals surface area contributed by atoms with Crippen LogP contribution < -0.4 is 0 Å². The SMILES string of the molecule is Cc1ccc2ccc3cccc4ccc1c2c34.Cc1cccc2c1ccn2C.Cn1cccc1. The maximum absolute atomic E-state index is 2.25. The van der Waals surface area contributed by atoms with Crippen molar-refractivity contribution in [3.05, 3.63) is 121 Å².